The maximum Gasteiger partial charge on any atom is 0.341 e. The second-order valence-corrected chi connectivity index (χ2v) is 5.32. The number of esters is 1. The Morgan fingerprint density at radius 3 is 2.48 bits per heavy atom. The smallest absolute Gasteiger partial charge is 0.341 e. The Morgan fingerprint density at radius 2 is 1.84 bits per heavy atom. The summed E-state index contributed by atoms with van der Waals surface area (Å²) in [6.45, 7) is 2.53. The van der Waals surface area contributed by atoms with Gasteiger partial charge in [-0.1, -0.05) is 18.2 Å². The lowest BCUT2D eigenvalue weighted by atomic mass is 10.1. The van der Waals surface area contributed by atoms with Crippen LogP contribution in [0, 0.1) is 0 Å². The largest absolute Gasteiger partial charge is 0.505 e. The Hall–Kier alpha value is -3.02. The van der Waals surface area contributed by atoms with E-state index in [1.54, 1.807) is 6.07 Å². The third-order valence-electron chi connectivity index (χ3n) is 3.59. The van der Waals surface area contributed by atoms with Crippen LogP contribution >= 0.6 is 0 Å². The minimum Gasteiger partial charge on any atom is -0.505 e. The molecule has 0 aliphatic carbocycles. The Morgan fingerprint density at radius 1 is 1.12 bits per heavy atom. The lowest BCUT2D eigenvalue weighted by molar-refractivity contribution is -0.116. The maximum atomic E-state index is 12.1. The predicted molar refractivity (Wildman–Crippen MR) is 94.0 cm³/mol. The van der Waals surface area contributed by atoms with E-state index in [9.17, 15) is 14.7 Å². The van der Waals surface area contributed by atoms with Gasteiger partial charge in [-0.05, 0) is 43.2 Å². The van der Waals surface area contributed by atoms with E-state index in [1.165, 1.54) is 19.2 Å². The molecule has 0 aromatic heterocycles. The van der Waals surface area contributed by atoms with Crippen LogP contribution < -0.4 is 10.1 Å². The van der Waals surface area contributed by atoms with Gasteiger partial charge in [0.2, 0.25) is 5.91 Å². The first-order chi connectivity index (χ1) is 12.0. The number of carbonyl (C=O) groups is 2. The fourth-order valence-corrected chi connectivity index (χ4v) is 2.31. The molecule has 1 amide bonds. The maximum absolute atomic E-state index is 12.1. The molecule has 2 rings (SSSR count). The molecule has 0 heterocycles. The SMILES string of the molecule is CCOc1ccc(CCC(=O)Nc2cccc(C(=O)OC)c2O)cc1. The molecule has 0 fully saturated rings. The number of ether oxygens (including phenoxy) is 2. The third-order valence-corrected chi connectivity index (χ3v) is 3.59. The molecule has 0 spiro atoms. The van der Waals surface area contributed by atoms with Crippen LogP contribution in [0.5, 0.6) is 11.5 Å². The zero-order chi connectivity index (χ0) is 18.2. The summed E-state index contributed by atoms with van der Waals surface area (Å²) in [5.41, 5.74) is 1.19. The molecule has 25 heavy (non-hydrogen) atoms. The second-order valence-electron chi connectivity index (χ2n) is 5.32. The topological polar surface area (TPSA) is 84.9 Å². The third kappa shape index (κ3) is 4.97. The zero-order valence-electron chi connectivity index (χ0n) is 14.2. The average molecular weight is 343 g/mol. The van der Waals surface area contributed by atoms with Gasteiger partial charge in [0.15, 0.2) is 5.75 Å². The number of methoxy groups -OCH3 is 1. The van der Waals surface area contributed by atoms with Gasteiger partial charge in [0.1, 0.15) is 11.3 Å². The van der Waals surface area contributed by atoms with E-state index in [2.05, 4.69) is 10.1 Å². The Balaban J connectivity index is 1.95. The summed E-state index contributed by atoms with van der Waals surface area (Å²) in [7, 11) is 1.23. The van der Waals surface area contributed by atoms with Gasteiger partial charge in [-0.3, -0.25) is 4.79 Å². The molecule has 0 saturated heterocycles. The van der Waals surface area contributed by atoms with Crippen LogP contribution in [-0.2, 0) is 16.0 Å². The molecule has 132 valence electrons. The first-order valence-corrected chi connectivity index (χ1v) is 7.97. The number of rotatable bonds is 7. The van der Waals surface area contributed by atoms with E-state index in [0.717, 1.165) is 11.3 Å². The van der Waals surface area contributed by atoms with Gasteiger partial charge in [-0.2, -0.15) is 0 Å². The average Bonchev–Trinajstić information content (AvgIpc) is 2.62. The highest BCUT2D eigenvalue weighted by Crippen LogP contribution is 2.28. The number of carbonyl (C=O) groups excluding carboxylic acids is 2. The summed E-state index contributed by atoms with van der Waals surface area (Å²) < 4.78 is 9.96. The first kappa shape index (κ1) is 18.3. The molecule has 0 aliphatic rings. The lowest BCUT2D eigenvalue weighted by Gasteiger charge is -2.10. The summed E-state index contributed by atoms with van der Waals surface area (Å²) in [5.74, 6) is -0.432. The van der Waals surface area contributed by atoms with Crippen molar-refractivity contribution in [1.29, 1.82) is 0 Å². The first-order valence-electron chi connectivity index (χ1n) is 7.97. The van der Waals surface area contributed by atoms with E-state index in [-0.39, 0.29) is 29.3 Å². The van der Waals surface area contributed by atoms with E-state index in [1.807, 2.05) is 31.2 Å². The number of benzene rings is 2. The number of hydrogen-bond acceptors (Lipinski definition) is 5. The van der Waals surface area contributed by atoms with Gasteiger partial charge in [0.05, 0.1) is 19.4 Å². The minimum atomic E-state index is -0.664. The van der Waals surface area contributed by atoms with Gasteiger partial charge in [0.25, 0.3) is 0 Å². The molecule has 0 atom stereocenters. The Kier molecular flexibility index (Phi) is 6.39. The van der Waals surface area contributed by atoms with Crippen molar-refractivity contribution in [3.8, 4) is 11.5 Å². The van der Waals surface area contributed by atoms with E-state index < -0.39 is 5.97 Å². The highest BCUT2D eigenvalue weighted by molar-refractivity contribution is 5.98. The van der Waals surface area contributed by atoms with Crippen LogP contribution in [-0.4, -0.2) is 30.7 Å². The molecule has 0 aliphatic heterocycles. The van der Waals surface area contributed by atoms with Gasteiger partial charge < -0.3 is 19.9 Å². The number of anilines is 1. The molecular formula is C19H21NO5. The summed E-state index contributed by atoms with van der Waals surface area (Å²) in [6.07, 6.45) is 0.797. The van der Waals surface area contributed by atoms with Gasteiger partial charge in [0, 0.05) is 6.42 Å². The number of nitrogens with one attached hydrogen (secondary N) is 1. The van der Waals surface area contributed by atoms with Gasteiger partial charge in [-0.25, -0.2) is 4.79 Å². The fraction of sp³-hybridized carbons (Fsp3) is 0.263. The number of aryl methyl sites for hydroxylation is 1. The summed E-state index contributed by atoms with van der Waals surface area (Å²) >= 11 is 0. The summed E-state index contributed by atoms with van der Waals surface area (Å²) in [6, 6.07) is 12.1. The number of phenolic OH excluding ortho intramolecular Hbond substituents is 1. The van der Waals surface area contributed by atoms with Crippen molar-refractivity contribution in [1.82, 2.24) is 0 Å². The van der Waals surface area contributed by atoms with Crippen LogP contribution in [0.3, 0.4) is 0 Å². The van der Waals surface area contributed by atoms with Crippen molar-refractivity contribution in [2.24, 2.45) is 0 Å². The Bertz CT molecular complexity index is 740. The van der Waals surface area contributed by atoms with Crippen molar-refractivity contribution in [3.05, 3.63) is 53.6 Å². The van der Waals surface area contributed by atoms with Crippen molar-refractivity contribution in [3.63, 3.8) is 0 Å². The van der Waals surface area contributed by atoms with Crippen molar-refractivity contribution >= 4 is 17.6 Å². The van der Waals surface area contributed by atoms with Crippen molar-refractivity contribution < 1.29 is 24.2 Å². The van der Waals surface area contributed by atoms with Crippen LogP contribution in [0.15, 0.2) is 42.5 Å². The quantitative estimate of drug-likeness (QED) is 0.596. The number of para-hydroxylation sites is 1. The van der Waals surface area contributed by atoms with Crippen molar-refractivity contribution in [2.75, 3.05) is 19.0 Å². The molecule has 6 nitrogen and oxygen atoms in total. The molecule has 0 bridgehead atoms. The standard InChI is InChI=1S/C19H21NO5/c1-3-25-14-10-7-13(8-11-14)9-12-17(21)20-16-6-4-5-15(18(16)22)19(23)24-2/h4-8,10-11,22H,3,9,12H2,1-2H3,(H,20,21). The molecule has 2 N–H and O–H groups in total. The highest BCUT2D eigenvalue weighted by atomic mass is 16.5. The molecular weight excluding hydrogens is 322 g/mol. The van der Waals surface area contributed by atoms with E-state index in [0.29, 0.717) is 13.0 Å². The van der Waals surface area contributed by atoms with Gasteiger partial charge >= 0.3 is 5.97 Å². The monoisotopic (exact) mass is 343 g/mol. The van der Waals surface area contributed by atoms with Crippen LogP contribution in [0.25, 0.3) is 0 Å². The minimum absolute atomic E-state index is 0.00631. The molecule has 0 radical (unpaired) electrons. The second kappa shape index (κ2) is 8.73. The van der Waals surface area contributed by atoms with Crippen LogP contribution in [0.4, 0.5) is 5.69 Å². The molecule has 0 saturated carbocycles. The summed E-state index contributed by atoms with van der Waals surface area (Å²) in [5, 5.41) is 12.7. The van der Waals surface area contributed by atoms with Crippen LogP contribution in [0.1, 0.15) is 29.3 Å². The van der Waals surface area contributed by atoms with Crippen LogP contribution in [0.2, 0.25) is 0 Å². The molecule has 0 unspecified atom stereocenters. The molecule has 2 aromatic rings. The number of amides is 1. The predicted octanol–water partition coefficient (Wildman–Crippen LogP) is 3.15. The number of phenols is 1. The molecule has 2 aromatic carbocycles. The van der Waals surface area contributed by atoms with Gasteiger partial charge in [-0.15, -0.1) is 0 Å². The highest BCUT2D eigenvalue weighted by Gasteiger charge is 2.15. The lowest BCUT2D eigenvalue weighted by Crippen LogP contribution is -2.13. The molecule has 6 heteroatoms. The Labute approximate surface area is 146 Å². The zero-order valence-corrected chi connectivity index (χ0v) is 14.2. The van der Waals surface area contributed by atoms with Crippen molar-refractivity contribution in [2.45, 2.75) is 19.8 Å². The fourth-order valence-electron chi connectivity index (χ4n) is 2.31. The number of hydrogen-bond donors (Lipinski definition) is 2. The number of aromatic hydroxyl groups is 1. The summed E-state index contributed by atoms with van der Waals surface area (Å²) in [4.78, 5) is 23.6. The van der Waals surface area contributed by atoms with E-state index in [4.69, 9.17) is 4.74 Å². The van der Waals surface area contributed by atoms with E-state index >= 15 is 0 Å². The normalized spacial score (nSPS) is 10.2.